The van der Waals surface area contributed by atoms with E-state index >= 15 is 0 Å². The van der Waals surface area contributed by atoms with Crippen LogP contribution in [0.25, 0.3) is 0 Å². The summed E-state index contributed by atoms with van der Waals surface area (Å²) in [5, 5.41) is 0. The Bertz CT molecular complexity index is 616. The van der Waals surface area contributed by atoms with Gasteiger partial charge in [-0.25, -0.2) is 0 Å². The molecule has 2 aliphatic rings. The fraction of sp³-hybridized carbons (Fsp3) is 0.500. The Kier molecular flexibility index (Phi) is 4.20. The molecule has 0 saturated carbocycles. The van der Waals surface area contributed by atoms with Gasteiger partial charge in [-0.2, -0.15) is 0 Å². The number of hydrogen-bond acceptors (Lipinski definition) is 3. The Morgan fingerprint density at radius 3 is 2.22 bits per heavy atom. The Labute approximate surface area is 136 Å². The summed E-state index contributed by atoms with van der Waals surface area (Å²) in [5.74, 6) is -0.273. The zero-order valence-electron chi connectivity index (χ0n) is 13.6. The minimum absolute atomic E-state index is 0.0379. The third kappa shape index (κ3) is 2.54. The molecule has 0 N–H and O–H groups in total. The molecule has 122 valence electrons. The van der Waals surface area contributed by atoms with E-state index in [1.807, 2.05) is 18.7 Å². The fourth-order valence-electron chi connectivity index (χ4n) is 3.59. The third-order valence-corrected chi connectivity index (χ3v) is 5.00. The van der Waals surface area contributed by atoms with E-state index in [2.05, 4.69) is 0 Å². The van der Waals surface area contributed by atoms with Crippen LogP contribution in [-0.4, -0.2) is 46.7 Å². The molecule has 1 aromatic carbocycles. The van der Waals surface area contributed by atoms with Gasteiger partial charge in [0.2, 0.25) is 5.91 Å². The van der Waals surface area contributed by atoms with Crippen molar-refractivity contribution in [2.45, 2.75) is 39.2 Å². The molecule has 3 amide bonds. The van der Waals surface area contributed by atoms with Gasteiger partial charge in [-0.05, 0) is 31.4 Å². The molecule has 1 unspecified atom stereocenters. The van der Waals surface area contributed by atoms with E-state index in [4.69, 9.17) is 0 Å². The number of imide groups is 1. The first-order chi connectivity index (χ1) is 11.1. The zero-order valence-corrected chi connectivity index (χ0v) is 13.6. The molecule has 3 rings (SSSR count). The predicted octanol–water partition coefficient (Wildman–Crippen LogP) is 2.32. The maximum atomic E-state index is 12.5. The second kappa shape index (κ2) is 6.14. The quantitative estimate of drug-likeness (QED) is 0.801. The van der Waals surface area contributed by atoms with E-state index in [0.29, 0.717) is 30.6 Å². The Morgan fingerprint density at radius 2 is 1.70 bits per heavy atom. The van der Waals surface area contributed by atoms with Gasteiger partial charge in [-0.15, -0.1) is 0 Å². The van der Waals surface area contributed by atoms with Gasteiger partial charge >= 0.3 is 0 Å². The monoisotopic (exact) mass is 314 g/mol. The summed E-state index contributed by atoms with van der Waals surface area (Å²) < 4.78 is 0. The molecule has 5 heteroatoms. The first-order valence-electron chi connectivity index (χ1n) is 8.34. The molecular weight excluding hydrogens is 292 g/mol. The molecule has 1 fully saturated rings. The van der Waals surface area contributed by atoms with Crippen LogP contribution < -0.4 is 0 Å². The number of rotatable bonds is 4. The molecule has 5 nitrogen and oxygen atoms in total. The molecule has 23 heavy (non-hydrogen) atoms. The minimum Gasteiger partial charge on any atom is -0.340 e. The number of carbonyl (C=O) groups is 3. The van der Waals surface area contributed by atoms with Gasteiger partial charge in [-0.3, -0.25) is 19.3 Å². The summed E-state index contributed by atoms with van der Waals surface area (Å²) >= 11 is 0. The molecule has 0 radical (unpaired) electrons. The normalized spacial score (nSPS) is 20.6. The average Bonchev–Trinajstić information content (AvgIpc) is 3.13. The van der Waals surface area contributed by atoms with E-state index in [0.717, 1.165) is 12.8 Å². The number of benzene rings is 1. The van der Waals surface area contributed by atoms with Gasteiger partial charge in [0.25, 0.3) is 11.8 Å². The lowest BCUT2D eigenvalue weighted by Gasteiger charge is -2.24. The second-order valence-corrected chi connectivity index (χ2v) is 6.27. The highest BCUT2D eigenvalue weighted by molar-refractivity contribution is 6.21. The molecule has 0 spiro atoms. The molecule has 0 aliphatic carbocycles. The van der Waals surface area contributed by atoms with Gasteiger partial charge in [-0.1, -0.05) is 26.0 Å². The van der Waals surface area contributed by atoms with E-state index in [-0.39, 0.29) is 29.7 Å². The van der Waals surface area contributed by atoms with Gasteiger partial charge < -0.3 is 4.90 Å². The molecule has 0 bridgehead atoms. The Balaban J connectivity index is 1.75. The number of amides is 3. The summed E-state index contributed by atoms with van der Waals surface area (Å²) in [5.41, 5.74) is 0.949. The Morgan fingerprint density at radius 1 is 1.13 bits per heavy atom. The number of fused-ring (bicyclic) bond motifs is 1. The lowest BCUT2D eigenvalue weighted by atomic mass is 10.0. The van der Waals surface area contributed by atoms with Crippen molar-refractivity contribution in [2.24, 2.45) is 5.92 Å². The van der Waals surface area contributed by atoms with Crippen LogP contribution in [0.2, 0.25) is 0 Å². The number of hydrogen-bond donors (Lipinski definition) is 0. The maximum absolute atomic E-state index is 12.5. The summed E-state index contributed by atoms with van der Waals surface area (Å²) in [6.07, 6.45) is 2.31. The minimum atomic E-state index is -0.229. The van der Waals surface area contributed by atoms with Crippen molar-refractivity contribution in [2.75, 3.05) is 13.1 Å². The van der Waals surface area contributed by atoms with Crippen LogP contribution in [0.3, 0.4) is 0 Å². The zero-order chi connectivity index (χ0) is 16.6. The van der Waals surface area contributed by atoms with Gasteiger partial charge in [0.05, 0.1) is 17.2 Å². The molecule has 2 heterocycles. The van der Waals surface area contributed by atoms with Crippen molar-refractivity contribution in [3.63, 3.8) is 0 Å². The SMILES string of the molecule is CCC(CC)C(=O)N1CCC(N2C(=O)c3ccccc3C2=O)C1. The molecule has 1 atom stereocenters. The number of nitrogens with zero attached hydrogens (tertiary/aromatic N) is 2. The maximum Gasteiger partial charge on any atom is 0.261 e. The van der Waals surface area contributed by atoms with Crippen LogP contribution in [0.5, 0.6) is 0 Å². The van der Waals surface area contributed by atoms with Gasteiger partial charge in [0, 0.05) is 19.0 Å². The summed E-state index contributed by atoms with van der Waals surface area (Å²) in [6, 6.07) is 6.71. The van der Waals surface area contributed by atoms with Crippen LogP contribution in [0, 0.1) is 5.92 Å². The topological polar surface area (TPSA) is 57.7 Å². The smallest absolute Gasteiger partial charge is 0.261 e. The third-order valence-electron chi connectivity index (χ3n) is 5.00. The predicted molar refractivity (Wildman–Crippen MR) is 86.0 cm³/mol. The van der Waals surface area contributed by atoms with E-state index < -0.39 is 0 Å². The molecule has 1 saturated heterocycles. The highest BCUT2D eigenvalue weighted by Crippen LogP contribution is 2.28. The van der Waals surface area contributed by atoms with Crippen molar-refractivity contribution in [3.05, 3.63) is 35.4 Å². The van der Waals surface area contributed by atoms with Crippen molar-refractivity contribution in [1.29, 1.82) is 0 Å². The van der Waals surface area contributed by atoms with E-state index in [1.54, 1.807) is 24.3 Å². The highest BCUT2D eigenvalue weighted by Gasteiger charge is 2.43. The van der Waals surface area contributed by atoms with Crippen molar-refractivity contribution in [3.8, 4) is 0 Å². The highest BCUT2D eigenvalue weighted by atomic mass is 16.2. The molecule has 1 aromatic rings. The molecule has 2 aliphatic heterocycles. The van der Waals surface area contributed by atoms with Crippen molar-refractivity contribution in [1.82, 2.24) is 9.80 Å². The standard InChI is InChI=1S/C18H22N2O3/c1-3-12(4-2)16(21)19-10-9-13(11-19)20-17(22)14-7-5-6-8-15(14)18(20)23/h5-8,12-13H,3-4,9-11H2,1-2H3. The van der Waals surface area contributed by atoms with E-state index in [9.17, 15) is 14.4 Å². The molecular formula is C18H22N2O3. The van der Waals surface area contributed by atoms with Crippen molar-refractivity contribution >= 4 is 17.7 Å². The number of likely N-dealkylation sites (tertiary alicyclic amines) is 1. The van der Waals surface area contributed by atoms with Crippen molar-refractivity contribution < 1.29 is 14.4 Å². The number of carbonyl (C=O) groups excluding carboxylic acids is 3. The largest absolute Gasteiger partial charge is 0.340 e. The van der Waals surface area contributed by atoms with Crippen LogP contribution in [-0.2, 0) is 4.79 Å². The second-order valence-electron chi connectivity index (χ2n) is 6.27. The van der Waals surface area contributed by atoms with Crippen LogP contribution in [0.15, 0.2) is 24.3 Å². The van der Waals surface area contributed by atoms with Crippen LogP contribution >= 0.6 is 0 Å². The lowest BCUT2D eigenvalue weighted by molar-refractivity contribution is -0.134. The van der Waals surface area contributed by atoms with Gasteiger partial charge in [0.15, 0.2) is 0 Å². The summed E-state index contributed by atoms with van der Waals surface area (Å²) in [4.78, 5) is 40.7. The lowest BCUT2D eigenvalue weighted by Crippen LogP contribution is -2.43. The average molecular weight is 314 g/mol. The first kappa shape index (κ1) is 15.7. The summed E-state index contributed by atoms with van der Waals surface area (Å²) in [7, 11) is 0. The van der Waals surface area contributed by atoms with Gasteiger partial charge in [0.1, 0.15) is 0 Å². The van der Waals surface area contributed by atoms with Crippen LogP contribution in [0.4, 0.5) is 0 Å². The first-order valence-corrected chi connectivity index (χ1v) is 8.34. The van der Waals surface area contributed by atoms with Crippen LogP contribution in [0.1, 0.15) is 53.8 Å². The fourth-order valence-corrected chi connectivity index (χ4v) is 3.59. The Hall–Kier alpha value is -2.17. The molecule has 0 aromatic heterocycles. The summed E-state index contributed by atoms with van der Waals surface area (Å²) in [6.45, 7) is 5.11. The van der Waals surface area contributed by atoms with E-state index in [1.165, 1.54) is 4.90 Å².